The molecule has 1 aromatic carbocycles. The monoisotopic (exact) mass is 298 g/mol. The van der Waals surface area contributed by atoms with Crippen molar-refractivity contribution >= 4 is 27.5 Å². The van der Waals surface area contributed by atoms with Crippen molar-refractivity contribution in [3.8, 4) is 0 Å². The highest BCUT2D eigenvalue weighted by molar-refractivity contribution is 9.10. The third kappa shape index (κ3) is 4.11. The summed E-state index contributed by atoms with van der Waals surface area (Å²) >= 11 is 3.36. The molecule has 4 nitrogen and oxygen atoms in total. The molecule has 5 heteroatoms. The van der Waals surface area contributed by atoms with Gasteiger partial charge in [0, 0.05) is 23.2 Å². The molecular weight excluding hydrogens is 284 g/mol. The molecule has 1 heterocycles. The summed E-state index contributed by atoms with van der Waals surface area (Å²) < 4.78 is 6.24. The van der Waals surface area contributed by atoms with Gasteiger partial charge in [0.2, 0.25) is 5.91 Å². The van der Waals surface area contributed by atoms with Crippen molar-refractivity contribution in [1.29, 1.82) is 0 Å². The van der Waals surface area contributed by atoms with Gasteiger partial charge >= 0.3 is 0 Å². The van der Waals surface area contributed by atoms with Gasteiger partial charge in [-0.2, -0.15) is 0 Å². The Bertz CT molecular complexity index is 375. The van der Waals surface area contributed by atoms with Crippen LogP contribution in [0.2, 0.25) is 0 Å². The van der Waals surface area contributed by atoms with Crippen molar-refractivity contribution in [2.75, 3.05) is 38.2 Å². The molecule has 0 bridgehead atoms. The highest BCUT2D eigenvalue weighted by Crippen LogP contribution is 2.14. The van der Waals surface area contributed by atoms with E-state index in [9.17, 15) is 4.79 Å². The largest absolute Gasteiger partial charge is 0.379 e. The average molecular weight is 299 g/mol. The molecular formula is C12H15BrN2O2. The minimum absolute atomic E-state index is 0.0224. The fourth-order valence-corrected chi connectivity index (χ4v) is 1.96. The molecule has 0 aromatic heterocycles. The maximum Gasteiger partial charge on any atom is 0.238 e. The van der Waals surface area contributed by atoms with E-state index in [1.165, 1.54) is 0 Å². The number of ether oxygens (including phenoxy) is 1. The summed E-state index contributed by atoms with van der Waals surface area (Å²) in [5.41, 5.74) is 0.825. The van der Waals surface area contributed by atoms with Crippen LogP contribution in [0.4, 0.5) is 5.69 Å². The van der Waals surface area contributed by atoms with E-state index < -0.39 is 0 Å². The molecule has 0 atom stereocenters. The number of hydrogen-bond acceptors (Lipinski definition) is 3. The second-order valence-corrected chi connectivity index (χ2v) is 4.86. The number of carbonyl (C=O) groups excluding carboxylic acids is 1. The molecule has 1 amide bonds. The molecule has 92 valence electrons. The molecule has 1 aliphatic heterocycles. The Labute approximate surface area is 109 Å². The lowest BCUT2D eigenvalue weighted by Gasteiger charge is -2.25. The SMILES string of the molecule is O=C(CN1CCOCC1)Nc1ccc(Br)cc1. The number of nitrogens with one attached hydrogen (secondary N) is 1. The summed E-state index contributed by atoms with van der Waals surface area (Å²) in [6.45, 7) is 3.51. The van der Waals surface area contributed by atoms with Crippen LogP contribution >= 0.6 is 15.9 Å². The number of benzene rings is 1. The molecule has 0 unspecified atom stereocenters. The summed E-state index contributed by atoms with van der Waals surface area (Å²) in [5, 5.41) is 2.87. The Morgan fingerprint density at radius 1 is 1.29 bits per heavy atom. The Balaban J connectivity index is 1.82. The van der Waals surface area contributed by atoms with Gasteiger partial charge in [-0.05, 0) is 24.3 Å². The maximum atomic E-state index is 11.8. The summed E-state index contributed by atoms with van der Waals surface area (Å²) in [7, 11) is 0. The quantitative estimate of drug-likeness (QED) is 0.924. The Hall–Kier alpha value is -0.910. The summed E-state index contributed by atoms with van der Waals surface area (Å²) in [4.78, 5) is 13.9. The summed E-state index contributed by atoms with van der Waals surface area (Å²) in [6, 6.07) is 7.57. The first-order chi connectivity index (χ1) is 8.24. The van der Waals surface area contributed by atoms with Gasteiger partial charge in [-0.15, -0.1) is 0 Å². The molecule has 2 rings (SSSR count). The number of halogens is 1. The van der Waals surface area contributed by atoms with E-state index >= 15 is 0 Å². The lowest BCUT2D eigenvalue weighted by molar-refractivity contribution is -0.118. The zero-order chi connectivity index (χ0) is 12.1. The minimum Gasteiger partial charge on any atom is -0.379 e. The highest BCUT2D eigenvalue weighted by atomic mass is 79.9. The molecule has 17 heavy (non-hydrogen) atoms. The van der Waals surface area contributed by atoms with E-state index in [4.69, 9.17) is 4.74 Å². The van der Waals surface area contributed by atoms with Gasteiger partial charge in [-0.3, -0.25) is 9.69 Å². The Morgan fingerprint density at radius 2 is 1.94 bits per heavy atom. The second-order valence-electron chi connectivity index (χ2n) is 3.94. The van der Waals surface area contributed by atoms with E-state index in [1.807, 2.05) is 24.3 Å². The average Bonchev–Trinajstić information content (AvgIpc) is 2.33. The van der Waals surface area contributed by atoms with E-state index in [0.29, 0.717) is 19.8 Å². The number of nitrogens with zero attached hydrogens (tertiary/aromatic N) is 1. The van der Waals surface area contributed by atoms with Gasteiger partial charge < -0.3 is 10.1 Å². The molecule has 1 aliphatic rings. The number of rotatable bonds is 3. The van der Waals surface area contributed by atoms with Crippen molar-refractivity contribution in [3.63, 3.8) is 0 Å². The maximum absolute atomic E-state index is 11.8. The summed E-state index contributed by atoms with van der Waals surface area (Å²) in [6.07, 6.45) is 0. The standard InChI is InChI=1S/C12H15BrN2O2/c13-10-1-3-11(4-2-10)14-12(16)9-15-5-7-17-8-6-15/h1-4H,5-9H2,(H,14,16). The lowest BCUT2D eigenvalue weighted by Crippen LogP contribution is -2.41. The first-order valence-electron chi connectivity index (χ1n) is 5.59. The van der Waals surface area contributed by atoms with Crippen LogP contribution in [-0.2, 0) is 9.53 Å². The van der Waals surface area contributed by atoms with Crippen LogP contribution in [-0.4, -0.2) is 43.7 Å². The third-order valence-corrected chi connectivity index (χ3v) is 3.13. The van der Waals surface area contributed by atoms with E-state index in [0.717, 1.165) is 23.2 Å². The van der Waals surface area contributed by atoms with E-state index in [-0.39, 0.29) is 5.91 Å². The smallest absolute Gasteiger partial charge is 0.238 e. The second kappa shape index (κ2) is 6.14. The molecule has 1 fully saturated rings. The fourth-order valence-electron chi connectivity index (χ4n) is 1.70. The van der Waals surface area contributed by atoms with E-state index in [2.05, 4.69) is 26.1 Å². The molecule has 0 spiro atoms. The topological polar surface area (TPSA) is 41.6 Å². The zero-order valence-electron chi connectivity index (χ0n) is 9.49. The third-order valence-electron chi connectivity index (χ3n) is 2.60. The van der Waals surface area contributed by atoms with Crippen molar-refractivity contribution in [1.82, 2.24) is 4.90 Å². The molecule has 1 aromatic rings. The van der Waals surface area contributed by atoms with Gasteiger partial charge in [0.1, 0.15) is 0 Å². The van der Waals surface area contributed by atoms with Gasteiger partial charge in [0.15, 0.2) is 0 Å². The summed E-state index contributed by atoms with van der Waals surface area (Å²) in [5.74, 6) is 0.0224. The van der Waals surface area contributed by atoms with Crippen LogP contribution in [0.3, 0.4) is 0 Å². The molecule has 0 aliphatic carbocycles. The number of morpholine rings is 1. The van der Waals surface area contributed by atoms with Crippen LogP contribution in [0, 0.1) is 0 Å². The van der Waals surface area contributed by atoms with Crippen LogP contribution in [0.25, 0.3) is 0 Å². The highest BCUT2D eigenvalue weighted by Gasteiger charge is 2.13. The van der Waals surface area contributed by atoms with E-state index in [1.54, 1.807) is 0 Å². The first kappa shape index (κ1) is 12.5. The zero-order valence-corrected chi connectivity index (χ0v) is 11.1. The predicted octanol–water partition coefficient (Wildman–Crippen LogP) is 1.72. The van der Waals surface area contributed by atoms with Crippen LogP contribution in [0.5, 0.6) is 0 Å². The van der Waals surface area contributed by atoms with Crippen molar-refractivity contribution in [2.24, 2.45) is 0 Å². The molecule has 0 radical (unpaired) electrons. The first-order valence-corrected chi connectivity index (χ1v) is 6.39. The van der Waals surface area contributed by atoms with Crippen molar-refractivity contribution in [2.45, 2.75) is 0 Å². The van der Waals surface area contributed by atoms with Crippen LogP contribution < -0.4 is 5.32 Å². The minimum atomic E-state index is 0.0224. The van der Waals surface area contributed by atoms with Gasteiger partial charge in [-0.25, -0.2) is 0 Å². The number of amides is 1. The van der Waals surface area contributed by atoms with Gasteiger partial charge in [0.05, 0.1) is 19.8 Å². The Kier molecular flexibility index (Phi) is 4.53. The normalized spacial score (nSPS) is 16.8. The molecule has 1 saturated heterocycles. The van der Waals surface area contributed by atoms with Crippen LogP contribution in [0.1, 0.15) is 0 Å². The number of carbonyl (C=O) groups is 1. The van der Waals surface area contributed by atoms with Crippen molar-refractivity contribution in [3.05, 3.63) is 28.7 Å². The lowest BCUT2D eigenvalue weighted by atomic mass is 10.3. The van der Waals surface area contributed by atoms with Gasteiger partial charge in [0.25, 0.3) is 0 Å². The van der Waals surface area contributed by atoms with Crippen molar-refractivity contribution < 1.29 is 9.53 Å². The fraction of sp³-hybridized carbons (Fsp3) is 0.417. The molecule has 1 N–H and O–H groups in total. The number of anilines is 1. The molecule has 0 saturated carbocycles. The van der Waals surface area contributed by atoms with Gasteiger partial charge in [-0.1, -0.05) is 15.9 Å². The number of hydrogen-bond donors (Lipinski definition) is 1. The predicted molar refractivity (Wildman–Crippen MR) is 70.0 cm³/mol. The van der Waals surface area contributed by atoms with Crippen LogP contribution in [0.15, 0.2) is 28.7 Å². The Morgan fingerprint density at radius 3 is 2.59 bits per heavy atom.